The number of nitrogens with zero attached hydrogens (tertiary/aromatic N) is 4. The van der Waals surface area contributed by atoms with E-state index in [0.717, 1.165) is 30.6 Å². The molecule has 10 aromatic rings. The van der Waals surface area contributed by atoms with Crippen molar-refractivity contribution in [2.24, 2.45) is 0 Å². The minimum absolute atomic E-state index is 0. The van der Waals surface area contributed by atoms with Gasteiger partial charge in [0.1, 0.15) is 0 Å². The first-order valence-corrected chi connectivity index (χ1v) is 19.6. The maximum atomic E-state index is 14.7. The zero-order valence-corrected chi connectivity index (χ0v) is 35.8. The van der Waals surface area contributed by atoms with Crippen LogP contribution in [0.3, 0.4) is 0 Å². The van der Waals surface area contributed by atoms with Gasteiger partial charge in [-0.2, -0.15) is 0 Å². The Morgan fingerprint density at radius 1 is 0.554 bits per heavy atom. The molecule has 0 N–H and O–H groups in total. The second kappa shape index (κ2) is 18.5. The molecule has 0 aliphatic carbocycles. The monoisotopic (exact) mass is 1050 g/mol. The third-order valence-corrected chi connectivity index (χ3v) is 10.3. The van der Waals surface area contributed by atoms with Crippen molar-refractivity contribution in [3.05, 3.63) is 215 Å². The maximum absolute atomic E-state index is 14.7. The van der Waals surface area contributed by atoms with Crippen LogP contribution in [-0.2, 0) is 45.6 Å². The minimum Gasteiger partial charge on any atom is -0.486 e. The summed E-state index contributed by atoms with van der Waals surface area (Å²) in [5, 5.41) is 1.25. The quantitative estimate of drug-likeness (QED) is 0.0954. The zero-order valence-electron chi connectivity index (χ0n) is 44.4. The fourth-order valence-electron chi connectivity index (χ4n) is 7.23. The van der Waals surface area contributed by atoms with Gasteiger partial charge in [-0.3, -0.25) is 17.6 Å². The van der Waals surface area contributed by atoms with Gasteiger partial charge in [0, 0.05) is 68.0 Å². The van der Waals surface area contributed by atoms with E-state index < -0.39 is 66.7 Å². The smallest absolute Gasteiger partial charge is 0.486 e. The van der Waals surface area contributed by atoms with Gasteiger partial charge >= 0.3 is 20.1 Å². The molecule has 0 saturated heterocycles. The summed E-state index contributed by atoms with van der Waals surface area (Å²) in [7, 11) is 0. The number of rotatable bonds is 11. The Hall–Kier alpha value is -7.13. The summed E-state index contributed by atoms with van der Waals surface area (Å²) in [5.41, 5.74) is 0.923. The normalized spacial score (nSPS) is 14.9. The third-order valence-electron chi connectivity index (χ3n) is 10.3. The van der Waals surface area contributed by atoms with Crippen molar-refractivity contribution in [3.63, 3.8) is 0 Å². The van der Waals surface area contributed by atoms with Crippen LogP contribution in [-0.4, -0.2) is 19.9 Å². The van der Waals surface area contributed by atoms with Crippen LogP contribution in [0.25, 0.3) is 78.1 Å². The first kappa shape index (κ1) is 31.7. The molecule has 0 amide bonds. The Balaban J connectivity index is 0.00000706. The Kier molecular flexibility index (Phi) is 9.03. The predicted octanol–water partition coefficient (Wildman–Crippen LogP) is 13.3. The van der Waals surface area contributed by atoms with Crippen LogP contribution in [0.4, 0.5) is 17.6 Å². The largest absolute Gasteiger partial charge is 3.00 e. The Bertz CT molecular complexity index is 3700. The number of aryl methyl sites for hydroxylation is 5. The van der Waals surface area contributed by atoms with Crippen molar-refractivity contribution in [3.8, 4) is 56.0 Å². The summed E-state index contributed by atoms with van der Waals surface area (Å²) >= 11 is 0. The van der Waals surface area contributed by atoms with E-state index in [1.165, 1.54) is 42.5 Å². The molecule has 0 aliphatic rings. The van der Waals surface area contributed by atoms with Crippen LogP contribution in [0.5, 0.6) is 0 Å². The molecule has 0 unspecified atom stereocenters. The van der Waals surface area contributed by atoms with Crippen molar-refractivity contribution in [1.29, 1.82) is 0 Å². The summed E-state index contributed by atoms with van der Waals surface area (Å²) in [6, 6.07) is 36.5. The average Bonchev–Trinajstić information content (AvgIpc) is 3.77. The summed E-state index contributed by atoms with van der Waals surface area (Å²) in [6.45, 7) is -2.46. The molecule has 0 aliphatic heterocycles. The van der Waals surface area contributed by atoms with E-state index in [1.807, 2.05) is 0 Å². The van der Waals surface area contributed by atoms with Crippen LogP contribution in [0.1, 0.15) is 43.0 Å². The number of fused-ring (bicyclic) bond motifs is 3. The zero-order chi connectivity index (χ0) is 53.4. The Morgan fingerprint density at radius 2 is 1.12 bits per heavy atom. The van der Waals surface area contributed by atoms with E-state index in [4.69, 9.17) is 13.5 Å². The van der Waals surface area contributed by atoms with E-state index in [0.29, 0.717) is 56.4 Å². The first-order valence-electron chi connectivity index (χ1n) is 25.1. The van der Waals surface area contributed by atoms with E-state index >= 15 is 0 Å². The van der Waals surface area contributed by atoms with E-state index in [1.54, 1.807) is 60.8 Å². The number of pyridine rings is 4. The molecular formula is C55H35F4IrN4O. The second-order valence-electron chi connectivity index (χ2n) is 14.5. The van der Waals surface area contributed by atoms with Crippen LogP contribution in [0.2, 0.25) is 0 Å². The van der Waals surface area contributed by atoms with Crippen molar-refractivity contribution in [2.75, 3.05) is 0 Å². The van der Waals surface area contributed by atoms with E-state index in [2.05, 4.69) is 33.2 Å². The average molecular weight is 1050 g/mol. The van der Waals surface area contributed by atoms with Gasteiger partial charge < -0.3 is 19.4 Å². The van der Waals surface area contributed by atoms with Gasteiger partial charge in [0.25, 0.3) is 0 Å². The Labute approximate surface area is 401 Å². The minimum atomic E-state index is -3.04. The molecule has 5 nitrogen and oxygen atoms in total. The molecule has 5 aromatic heterocycles. The van der Waals surface area contributed by atoms with Gasteiger partial charge in [0.15, 0.2) is 0 Å². The number of benzene rings is 5. The molecule has 0 saturated carbocycles. The van der Waals surface area contributed by atoms with Crippen molar-refractivity contribution < 1.29 is 57.2 Å². The second-order valence-corrected chi connectivity index (χ2v) is 14.5. The maximum Gasteiger partial charge on any atom is 3.00 e. The molecule has 0 spiro atoms. The van der Waals surface area contributed by atoms with Crippen molar-refractivity contribution >= 4 is 22.1 Å². The standard InChI is InChI=1S/C55H35F4N4O.Ir/c1-33-9-19-45-44-7-4-8-48(54(44)64-55(45)63-33)53-24-16-38(32-62-53)42-5-2-3-6-43(42)39-26-36(12-10-34-14-22-51(60-30-34)46-20-17-40(56)28-49(46)58)25-37(27-39)13-11-35-15-23-52(61-31-35)47-21-18-41(57)29-50(47)59;/h2-7,9,14-19,22-32H,10-13H2,1H3;/q-3;+3/i1D3,10D2,11D2,12D2,13D2;. The van der Waals surface area contributed by atoms with Crippen LogP contribution in [0.15, 0.2) is 150 Å². The molecule has 0 fully saturated rings. The number of furan rings is 1. The third kappa shape index (κ3) is 9.14. The van der Waals surface area contributed by atoms with Crippen LogP contribution in [0, 0.1) is 48.3 Å². The molecule has 10 heteroatoms. The predicted molar refractivity (Wildman–Crippen MR) is 241 cm³/mol. The molecular weight excluding hydrogens is 1000 g/mol. The number of halogens is 4. The number of aromatic nitrogens is 4. The fourth-order valence-corrected chi connectivity index (χ4v) is 7.23. The topological polar surface area (TPSA) is 64.7 Å². The van der Waals surface area contributed by atoms with Gasteiger partial charge in [0.2, 0.25) is 5.71 Å². The molecule has 318 valence electrons. The summed E-state index contributed by atoms with van der Waals surface area (Å²) in [6.07, 6.45) is -8.41. The fraction of sp³-hybridized carbons (Fsp3) is 0.0909. The molecule has 5 aromatic carbocycles. The molecule has 65 heavy (non-hydrogen) atoms. The molecule has 0 bridgehead atoms. The Morgan fingerprint density at radius 3 is 1.68 bits per heavy atom. The SMILES string of the molecule is [2H]C([2H])([2H])c1ccc2c(n1)oc1c(-c3ccc(-c4ccccc4-c4cc(C([2H])([2H])C([2H])([2H])c5ccc(-c6[c-]cc(F)cc6F)nc5)cc(C([2H])([2H])C([2H])([2H])c5ccc(-c6[c-]cc(F)cc6F)nc5)c4)cn3)[c-]ccc12.[Ir+3]. The molecule has 0 radical (unpaired) electrons. The summed E-state index contributed by atoms with van der Waals surface area (Å²) < 4.78 is 161. The van der Waals surface area contributed by atoms with Crippen molar-refractivity contribution in [1.82, 2.24) is 19.9 Å². The van der Waals surface area contributed by atoms with E-state index in [-0.39, 0.29) is 70.7 Å². The van der Waals surface area contributed by atoms with Crippen molar-refractivity contribution in [2.45, 2.75) is 32.3 Å². The van der Waals surface area contributed by atoms with E-state index in [9.17, 15) is 28.5 Å². The molecule has 0 atom stereocenters. The van der Waals surface area contributed by atoms with Gasteiger partial charge in [-0.1, -0.05) is 113 Å². The molecule has 10 rings (SSSR count). The first-order chi connectivity index (χ1) is 35.4. The number of hydrogen-bond acceptors (Lipinski definition) is 5. The van der Waals surface area contributed by atoms with Crippen LogP contribution < -0.4 is 0 Å². The van der Waals surface area contributed by atoms with Gasteiger partial charge in [0.05, 0.1) is 5.58 Å². The van der Waals surface area contributed by atoms with Gasteiger partial charge in [-0.25, -0.2) is 4.98 Å². The number of hydrogen-bond donors (Lipinski definition) is 0. The molecule has 5 heterocycles. The van der Waals surface area contributed by atoms with Gasteiger partial charge in [-0.15, -0.1) is 42.5 Å². The summed E-state index contributed by atoms with van der Waals surface area (Å²) in [4.78, 5) is 17.3. The van der Waals surface area contributed by atoms with Gasteiger partial charge in [-0.05, 0) is 106 Å². The van der Waals surface area contributed by atoms with Crippen LogP contribution >= 0.6 is 0 Å². The summed E-state index contributed by atoms with van der Waals surface area (Å²) in [5.74, 6) is -3.70.